The summed E-state index contributed by atoms with van der Waals surface area (Å²) in [5, 5.41) is 9.65. The molecule has 2 aromatic carbocycles. The zero-order valence-electron chi connectivity index (χ0n) is 22.9. The average molecular weight is 537 g/mol. The van der Waals surface area contributed by atoms with E-state index in [9.17, 15) is 19.5 Å². The number of nitrogens with zero attached hydrogens (tertiary/aromatic N) is 1. The fraction of sp³-hybridized carbons (Fsp3) is 0.516. The monoisotopic (exact) mass is 536 g/mol. The van der Waals surface area contributed by atoms with Gasteiger partial charge in [0, 0.05) is 0 Å². The molecule has 210 valence electrons. The van der Waals surface area contributed by atoms with Crippen molar-refractivity contribution in [3.05, 3.63) is 65.7 Å². The number of fused-ring (bicyclic) bond motifs is 1. The number of Topliss-reactive ketones (excluding diaryl/α,β-unsaturated/α-hetero) is 1. The zero-order valence-corrected chi connectivity index (χ0v) is 22.9. The van der Waals surface area contributed by atoms with E-state index in [2.05, 4.69) is 0 Å². The van der Waals surface area contributed by atoms with Gasteiger partial charge in [-0.1, -0.05) is 48.9 Å². The first-order valence-electron chi connectivity index (χ1n) is 14.0. The minimum atomic E-state index is -1.05. The summed E-state index contributed by atoms with van der Waals surface area (Å²) >= 11 is 0. The standard InChI is InChI=1S/C31H40N2O6/c1-3-38-29(36)26(17-14-21-9-6-5-7-10-21)33-27(30(37)39-4-2)20-23-11-8-18-31(23,33)28(35)25(32)19-22-12-15-24(34)16-13-22/h5-7,9-10,12-13,15-16,23,25-27,34H,3-4,8,11,14,17-20,32H2,1-2H3/t23-,25?,26-,27-,31-/m0/s1. The SMILES string of the molecule is CCOC(=O)[C@H](CCc1ccccc1)N1[C@H](C(=O)OCC)C[C@@H]2CCC[C@@]21C(=O)C(N)Cc1ccc(O)cc1. The molecule has 0 radical (unpaired) electrons. The normalized spacial score (nSPS) is 24.1. The molecular formula is C31H40N2O6. The molecule has 8 heteroatoms. The second-order valence-corrected chi connectivity index (χ2v) is 10.6. The van der Waals surface area contributed by atoms with E-state index in [1.807, 2.05) is 35.2 Å². The van der Waals surface area contributed by atoms with Crippen LogP contribution in [0.5, 0.6) is 5.75 Å². The number of phenols is 1. The number of carbonyl (C=O) groups excluding carboxylic acids is 3. The van der Waals surface area contributed by atoms with Gasteiger partial charge in [0.15, 0.2) is 5.78 Å². The summed E-state index contributed by atoms with van der Waals surface area (Å²) in [4.78, 5) is 43.1. The second-order valence-electron chi connectivity index (χ2n) is 10.6. The summed E-state index contributed by atoms with van der Waals surface area (Å²) in [6.45, 7) is 3.92. The van der Waals surface area contributed by atoms with Gasteiger partial charge in [0.05, 0.1) is 24.8 Å². The largest absolute Gasteiger partial charge is 0.508 e. The van der Waals surface area contributed by atoms with Crippen LogP contribution in [-0.2, 0) is 36.7 Å². The Morgan fingerprint density at radius 2 is 1.72 bits per heavy atom. The highest BCUT2D eigenvalue weighted by molar-refractivity contribution is 5.96. The van der Waals surface area contributed by atoms with Crippen molar-refractivity contribution in [3.8, 4) is 5.75 Å². The number of hydrogen-bond donors (Lipinski definition) is 2. The Morgan fingerprint density at radius 1 is 1.03 bits per heavy atom. The van der Waals surface area contributed by atoms with Crippen LogP contribution in [0.4, 0.5) is 0 Å². The number of aromatic hydroxyl groups is 1. The summed E-state index contributed by atoms with van der Waals surface area (Å²) in [6.07, 6.45) is 3.83. The molecule has 1 aliphatic carbocycles. The Hall–Kier alpha value is -3.23. The summed E-state index contributed by atoms with van der Waals surface area (Å²) < 4.78 is 11.0. The van der Waals surface area contributed by atoms with Gasteiger partial charge in [-0.05, 0) is 81.5 Å². The van der Waals surface area contributed by atoms with Crippen LogP contribution in [0.3, 0.4) is 0 Å². The minimum absolute atomic E-state index is 0.112. The van der Waals surface area contributed by atoms with Gasteiger partial charge in [-0.3, -0.25) is 19.3 Å². The lowest BCUT2D eigenvalue weighted by molar-refractivity contribution is -0.162. The Labute approximate surface area is 230 Å². The maximum absolute atomic E-state index is 14.4. The van der Waals surface area contributed by atoms with E-state index in [1.54, 1.807) is 38.1 Å². The van der Waals surface area contributed by atoms with Crippen LogP contribution < -0.4 is 5.73 Å². The molecular weight excluding hydrogens is 496 g/mol. The first-order valence-corrected chi connectivity index (χ1v) is 14.0. The van der Waals surface area contributed by atoms with Gasteiger partial charge < -0.3 is 20.3 Å². The van der Waals surface area contributed by atoms with Crippen molar-refractivity contribution in [3.63, 3.8) is 0 Å². The van der Waals surface area contributed by atoms with Crippen LogP contribution in [-0.4, -0.2) is 64.6 Å². The van der Waals surface area contributed by atoms with Crippen molar-refractivity contribution in [1.82, 2.24) is 4.90 Å². The predicted molar refractivity (Wildman–Crippen MR) is 147 cm³/mol. The first-order chi connectivity index (χ1) is 18.8. The second kappa shape index (κ2) is 12.7. The lowest BCUT2D eigenvalue weighted by atomic mass is 9.79. The molecule has 0 spiro atoms. The van der Waals surface area contributed by atoms with Gasteiger partial charge in [0.25, 0.3) is 0 Å². The third kappa shape index (κ3) is 6.02. The van der Waals surface area contributed by atoms with Crippen LogP contribution in [0.2, 0.25) is 0 Å². The summed E-state index contributed by atoms with van der Waals surface area (Å²) in [6, 6.07) is 14.1. The minimum Gasteiger partial charge on any atom is -0.508 e. The molecule has 39 heavy (non-hydrogen) atoms. The summed E-state index contributed by atoms with van der Waals surface area (Å²) in [5.74, 6) is -0.976. The van der Waals surface area contributed by atoms with Gasteiger partial charge in [-0.2, -0.15) is 0 Å². The van der Waals surface area contributed by atoms with E-state index in [1.165, 1.54) is 0 Å². The van der Waals surface area contributed by atoms with Gasteiger partial charge in [0.1, 0.15) is 17.8 Å². The van der Waals surface area contributed by atoms with E-state index >= 15 is 0 Å². The zero-order chi connectivity index (χ0) is 28.0. The highest BCUT2D eigenvalue weighted by Crippen LogP contribution is 2.52. The van der Waals surface area contributed by atoms with Crippen molar-refractivity contribution < 1.29 is 29.0 Å². The third-order valence-electron chi connectivity index (χ3n) is 8.25. The number of carbonyl (C=O) groups is 3. The van der Waals surface area contributed by atoms with E-state index in [0.29, 0.717) is 32.1 Å². The van der Waals surface area contributed by atoms with Crippen molar-refractivity contribution in [2.24, 2.45) is 11.7 Å². The molecule has 2 aliphatic rings. The van der Waals surface area contributed by atoms with Crippen molar-refractivity contribution in [2.45, 2.75) is 82.5 Å². The molecule has 1 heterocycles. The number of aryl methyl sites for hydroxylation is 1. The topological polar surface area (TPSA) is 119 Å². The molecule has 0 aromatic heterocycles. The van der Waals surface area contributed by atoms with Crippen LogP contribution in [0.15, 0.2) is 54.6 Å². The smallest absolute Gasteiger partial charge is 0.323 e. The summed E-state index contributed by atoms with van der Waals surface area (Å²) in [7, 11) is 0. The number of benzene rings is 2. The Bertz CT molecular complexity index is 1140. The van der Waals surface area contributed by atoms with E-state index in [4.69, 9.17) is 15.2 Å². The van der Waals surface area contributed by atoms with Crippen LogP contribution in [0, 0.1) is 5.92 Å². The van der Waals surface area contributed by atoms with Gasteiger partial charge in [0.2, 0.25) is 0 Å². The molecule has 1 unspecified atom stereocenters. The fourth-order valence-electron chi connectivity index (χ4n) is 6.63. The Kier molecular flexibility index (Phi) is 9.40. The van der Waals surface area contributed by atoms with Crippen molar-refractivity contribution in [1.29, 1.82) is 0 Å². The van der Waals surface area contributed by atoms with E-state index < -0.39 is 35.6 Å². The molecule has 1 saturated heterocycles. The fourth-order valence-corrected chi connectivity index (χ4v) is 6.63. The first kappa shape index (κ1) is 28.8. The molecule has 1 saturated carbocycles. The molecule has 0 bridgehead atoms. The maximum Gasteiger partial charge on any atom is 0.323 e. The Morgan fingerprint density at radius 3 is 2.38 bits per heavy atom. The molecule has 2 aromatic rings. The Balaban J connectivity index is 1.72. The number of phenolic OH excluding ortho intramolecular Hbond substituents is 1. The lowest BCUT2D eigenvalue weighted by Gasteiger charge is -2.44. The van der Waals surface area contributed by atoms with Crippen LogP contribution >= 0.6 is 0 Å². The molecule has 8 nitrogen and oxygen atoms in total. The highest BCUT2D eigenvalue weighted by atomic mass is 16.5. The number of nitrogens with two attached hydrogens (primary N) is 1. The van der Waals surface area contributed by atoms with E-state index in [-0.39, 0.29) is 30.7 Å². The molecule has 2 fully saturated rings. The number of esters is 2. The van der Waals surface area contributed by atoms with Gasteiger partial charge in [-0.15, -0.1) is 0 Å². The maximum atomic E-state index is 14.4. The quantitative estimate of drug-likeness (QED) is 0.395. The number of hydrogen-bond acceptors (Lipinski definition) is 8. The van der Waals surface area contributed by atoms with Crippen LogP contribution in [0.25, 0.3) is 0 Å². The highest BCUT2D eigenvalue weighted by Gasteiger charge is 2.64. The average Bonchev–Trinajstić information content (AvgIpc) is 3.49. The van der Waals surface area contributed by atoms with Gasteiger partial charge >= 0.3 is 11.9 Å². The molecule has 4 rings (SSSR count). The summed E-state index contributed by atoms with van der Waals surface area (Å²) in [5.41, 5.74) is 7.43. The van der Waals surface area contributed by atoms with Crippen LogP contribution in [0.1, 0.15) is 57.1 Å². The number of ketones is 1. The van der Waals surface area contributed by atoms with Crippen molar-refractivity contribution >= 4 is 17.7 Å². The number of likely N-dealkylation sites (tertiary alicyclic amines) is 1. The third-order valence-corrected chi connectivity index (χ3v) is 8.25. The lowest BCUT2D eigenvalue weighted by Crippen LogP contribution is -2.64. The van der Waals surface area contributed by atoms with Gasteiger partial charge in [-0.25, -0.2) is 0 Å². The number of ether oxygens (including phenoxy) is 2. The van der Waals surface area contributed by atoms with Crippen molar-refractivity contribution in [2.75, 3.05) is 13.2 Å². The van der Waals surface area contributed by atoms with E-state index in [0.717, 1.165) is 24.0 Å². The molecule has 3 N–H and O–H groups in total. The molecule has 1 aliphatic heterocycles. The molecule has 5 atom stereocenters. The predicted octanol–water partition coefficient (Wildman–Crippen LogP) is 3.57. The molecule has 0 amide bonds. The number of rotatable bonds is 12.